The molecule has 5 nitrogen and oxygen atoms in total. The minimum Gasteiger partial charge on any atom is -0.265 e. The fourth-order valence-electron chi connectivity index (χ4n) is 7.50. The second kappa shape index (κ2) is 13.3. The van der Waals surface area contributed by atoms with E-state index < -0.39 is 0 Å². The SMILES string of the molecule is c1ccc(-c2cc(-c3cccc(-c4ccc(-c5nc(-c6ccncc6)cc(-c6ccncc6)n5)c5ccccc45)c3)c3c(ccc4ccccc43)n2)cc1. The molecule has 5 heteroatoms. The third-order valence-electron chi connectivity index (χ3n) is 10.1. The van der Waals surface area contributed by atoms with Crippen LogP contribution in [0.3, 0.4) is 0 Å². The summed E-state index contributed by atoms with van der Waals surface area (Å²) in [6.07, 6.45) is 7.17. The number of aromatic nitrogens is 5. The minimum atomic E-state index is 0.663. The number of fused-ring (bicyclic) bond motifs is 4. The van der Waals surface area contributed by atoms with Crippen molar-refractivity contribution in [3.05, 3.63) is 189 Å². The molecule has 10 rings (SSSR count). The first-order chi connectivity index (χ1) is 26.8. The topological polar surface area (TPSA) is 64.5 Å². The molecule has 0 aliphatic heterocycles. The number of benzene rings is 6. The lowest BCUT2D eigenvalue weighted by molar-refractivity contribution is 1.18. The van der Waals surface area contributed by atoms with Crippen LogP contribution in [0.4, 0.5) is 0 Å². The predicted octanol–water partition coefficient (Wildman–Crippen LogP) is 12.1. The molecule has 0 aliphatic carbocycles. The van der Waals surface area contributed by atoms with Crippen LogP contribution in [0.15, 0.2) is 189 Å². The second-order valence-corrected chi connectivity index (χ2v) is 13.3. The summed E-state index contributed by atoms with van der Waals surface area (Å²) in [6, 6.07) is 57.3. The van der Waals surface area contributed by atoms with Gasteiger partial charge in [-0.25, -0.2) is 15.0 Å². The van der Waals surface area contributed by atoms with Crippen LogP contribution >= 0.6 is 0 Å². The van der Waals surface area contributed by atoms with Crippen molar-refractivity contribution in [3.8, 4) is 67.4 Å². The lowest BCUT2D eigenvalue weighted by Gasteiger charge is -2.15. The molecule has 0 aliphatic rings. The van der Waals surface area contributed by atoms with Crippen molar-refractivity contribution in [2.75, 3.05) is 0 Å². The van der Waals surface area contributed by atoms with Crippen molar-refractivity contribution in [3.63, 3.8) is 0 Å². The van der Waals surface area contributed by atoms with E-state index in [9.17, 15) is 0 Å². The van der Waals surface area contributed by atoms with Crippen molar-refractivity contribution in [1.29, 1.82) is 0 Å². The number of hydrogen-bond acceptors (Lipinski definition) is 5. The highest BCUT2D eigenvalue weighted by Gasteiger charge is 2.17. The molecule has 4 aromatic heterocycles. The molecule has 0 N–H and O–H groups in total. The normalized spacial score (nSPS) is 11.3. The van der Waals surface area contributed by atoms with Gasteiger partial charge in [0.05, 0.1) is 22.6 Å². The van der Waals surface area contributed by atoms with Gasteiger partial charge in [0, 0.05) is 52.4 Å². The lowest BCUT2D eigenvalue weighted by atomic mass is 9.90. The highest BCUT2D eigenvalue weighted by Crippen LogP contribution is 2.40. The summed E-state index contributed by atoms with van der Waals surface area (Å²) in [5, 5.41) is 5.75. The van der Waals surface area contributed by atoms with Gasteiger partial charge in [0.15, 0.2) is 5.82 Å². The first kappa shape index (κ1) is 31.4. The van der Waals surface area contributed by atoms with E-state index in [1.807, 2.05) is 36.4 Å². The summed E-state index contributed by atoms with van der Waals surface area (Å²) >= 11 is 0. The van der Waals surface area contributed by atoms with Gasteiger partial charge < -0.3 is 0 Å². The lowest BCUT2D eigenvalue weighted by Crippen LogP contribution is -1.97. The average molecular weight is 690 g/mol. The standard InChI is InChI=1S/C49H31N5/c1-2-10-33(11-3-1)45-30-43(48-39-14-5-4-9-32(39)17-20-44(48)52-45)37-13-8-12-36(29-37)38-18-19-42(41-16-7-6-15-40(38)41)49-53-46(34-21-25-50-26-22-34)31-47(54-49)35-23-27-51-28-24-35/h1-31H. The first-order valence-electron chi connectivity index (χ1n) is 18.0. The zero-order chi connectivity index (χ0) is 35.8. The number of pyridine rings is 3. The summed E-state index contributed by atoms with van der Waals surface area (Å²) in [5.41, 5.74) is 12.2. The van der Waals surface area contributed by atoms with Crippen molar-refractivity contribution in [2.45, 2.75) is 0 Å². The first-order valence-corrected chi connectivity index (χ1v) is 18.0. The van der Waals surface area contributed by atoms with Crippen molar-refractivity contribution in [1.82, 2.24) is 24.9 Å². The molecule has 252 valence electrons. The monoisotopic (exact) mass is 689 g/mol. The van der Waals surface area contributed by atoms with E-state index in [4.69, 9.17) is 15.0 Å². The molecule has 54 heavy (non-hydrogen) atoms. The van der Waals surface area contributed by atoms with Crippen LogP contribution in [-0.4, -0.2) is 24.9 Å². The molecule has 10 aromatic rings. The molecular formula is C49H31N5. The van der Waals surface area contributed by atoms with Crippen LogP contribution in [0, 0.1) is 0 Å². The molecule has 0 saturated heterocycles. The molecule has 0 bridgehead atoms. The van der Waals surface area contributed by atoms with Gasteiger partial charge in [0.25, 0.3) is 0 Å². The largest absolute Gasteiger partial charge is 0.265 e. The zero-order valence-electron chi connectivity index (χ0n) is 29.1. The molecule has 4 heterocycles. The van der Waals surface area contributed by atoms with E-state index in [0.717, 1.165) is 83.3 Å². The number of nitrogens with zero attached hydrogens (tertiary/aromatic N) is 5. The summed E-state index contributed by atoms with van der Waals surface area (Å²) in [5.74, 6) is 0.663. The van der Waals surface area contributed by atoms with Gasteiger partial charge in [-0.2, -0.15) is 0 Å². The Balaban J connectivity index is 1.15. The molecule has 6 aromatic carbocycles. The van der Waals surface area contributed by atoms with E-state index in [0.29, 0.717) is 5.82 Å². The van der Waals surface area contributed by atoms with E-state index in [-0.39, 0.29) is 0 Å². The Morgan fingerprint density at radius 3 is 1.56 bits per heavy atom. The molecule has 0 fully saturated rings. The van der Waals surface area contributed by atoms with E-state index in [2.05, 4.69) is 137 Å². The van der Waals surface area contributed by atoms with E-state index in [1.54, 1.807) is 24.8 Å². The minimum absolute atomic E-state index is 0.663. The van der Waals surface area contributed by atoms with E-state index >= 15 is 0 Å². The Kier molecular flexibility index (Phi) is 7.73. The van der Waals surface area contributed by atoms with E-state index in [1.165, 1.54) is 10.8 Å². The van der Waals surface area contributed by atoms with Crippen LogP contribution in [0.1, 0.15) is 0 Å². The zero-order valence-corrected chi connectivity index (χ0v) is 29.1. The maximum atomic E-state index is 5.17. The highest BCUT2D eigenvalue weighted by molar-refractivity contribution is 6.14. The van der Waals surface area contributed by atoms with Crippen LogP contribution in [0.2, 0.25) is 0 Å². The maximum absolute atomic E-state index is 5.17. The quantitative estimate of drug-likeness (QED) is 0.163. The highest BCUT2D eigenvalue weighted by atomic mass is 14.9. The second-order valence-electron chi connectivity index (χ2n) is 13.3. The summed E-state index contributed by atoms with van der Waals surface area (Å²) < 4.78 is 0. The molecule has 0 amide bonds. The Bertz CT molecular complexity index is 2920. The fraction of sp³-hybridized carbons (Fsp3) is 0. The molecular weight excluding hydrogens is 659 g/mol. The Hall–Kier alpha value is -7.37. The Morgan fingerprint density at radius 2 is 0.852 bits per heavy atom. The van der Waals surface area contributed by atoms with Gasteiger partial charge in [0.2, 0.25) is 0 Å². The van der Waals surface area contributed by atoms with Crippen molar-refractivity contribution < 1.29 is 0 Å². The molecule has 0 radical (unpaired) electrons. The third kappa shape index (κ3) is 5.65. The Morgan fingerprint density at radius 1 is 0.315 bits per heavy atom. The molecule has 0 unspecified atom stereocenters. The van der Waals surface area contributed by atoms with Crippen molar-refractivity contribution >= 4 is 32.4 Å². The summed E-state index contributed by atoms with van der Waals surface area (Å²) in [7, 11) is 0. The number of hydrogen-bond donors (Lipinski definition) is 0. The van der Waals surface area contributed by atoms with Crippen LogP contribution in [-0.2, 0) is 0 Å². The van der Waals surface area contributed by atoms with Gasteiger partial charge in [-0.05, 0) is 98.4 Å². The van der Waals surface area contributed by atoms with Gasteiger partial charge in [-0.3, -0.25) is 9.97 Å². The number of rotatable bonds is 6. The van der Waals surface area contributed by atoms with Crippen LogP contribution in [0.25, 0.3) is 99.9 Å². The van der Waals surface area contributed by atoms with Crippen LogP contribution < -0.4 is 0 Å². The molecule has 0 spiro atoms. The average Bonchev–Trinajstić information content (AvgIpc) is 3.26. The Labute approximate surface area is 312 Å². The third-order valence-corrected chi connectivity index (χ3v) is 10.1. The summed E-state index contributed by atoms with van der Waals surface area (Å²) in [4.78, 5) is 23.9. The van der Waals surface area contributed by atoms with Gasteiger partial charge in [-0.1, -0.05) is 109 Å². The van der Waals surface area contributed by atoms with Gasteiger partial charge in [0.1, 0.15) is 0 Å². The fourth-order valence-corrected chi connectivity index (χ4v) is 7.50. The summed E-state index contributed by atoms with van der Waals surface area (Å²) in [6.45, 7) is 0. The van der Waals surface area contributed by atoms with Gasteiger partial charge in [-0.15, -0.1) is 0 Å². The van der Waals surface area contributed by atoms with Gasteiger partial charge >= 0.3 is 0 Å². The van der Waals surface area contributed by atoms with Crippen LogP contribution in [0.5, 0.6) is 0 Å². The predicted molar refractivity (Wildman–Crippen MR) is 221 cm³/mol. The smallest absolute Gasteiger partial charge is 0.161 e. The molecule has 0 atom stereocenters. The van der Waals surface area contributed by atoms with Crippen molar-refractivity contribution in [2.24, 2.45) is 0 Å². The maximum Gasteiger partial charge on any atom is 0.161 e. The molecule has 0 saturated carbocycles.